The van der Waals surface area contributed by atoms with Crippen LogP contribution in [0.3, 0.4) is 0 Å². The molecule has 0 saturated heterocycles. The van der Waals surface area contributed by atoms with Crippen molar-refractivity contribution in [2.24, 2.45) is 0 Å². The maximum absolute atomic E-state index is 13.4. The minimum Gasteiger partial charge on any atom is -0.361 e. The van der Waals surface area contributed by atoms with Crippen LogP contribution in [0.2, 0.25) is 0 Å². The number of likely N-dealkylation sites (N-methyl/N-ethyl adjacent to an activating group) is 1. The number of hydrogen-bond acceptors (Lipinski definition) is 4. The fourth-order valence-corrected chi connectivity index (χ4v) is 2.07. The Morgan fingerprint density at radius 3 is 2.77 bits per heavy atom. The number of hydrogen-bond donors (Lipinski definition) is 1. The van der Waals surface area contributed by atoms with Crippen molar-refractivity contribution in [3.05, 3.63) is 52.7 Å². The minimum absolute atomic E-state index is 0.122. The number of carbonyl (C=O) groups excluding carboxylic acids is 1. The molecule has 2 rings (SSSR count). The highest BCUT2D eigenvalue weighted by molar-refractivity contribution is 5.77. The van der Waals surface area contributed by atoms with Crippen LogP contribution in [-0.2, 0) is 17.9 Å². The van der Waals surface area contributed by atoms with Gasteiger partial charge in [-0.2, -0.15) is 0 Å². The summed E-state index contributed by atoms with van der Waals surface area (Å²) in [4.78, 5) is 13.7. The summed E-state index contributed by atoms with van der Waals surface area (Å²) in [6, 6.07) is 6.79. The topological polar surface area (TPSA) is 58.4 Å². The van der Waals surface area contributed by atoms with Crippen molar-refractivity contribution in [2.45, 2.75) is 26.9 Å². The third-order valence-corrected chi connectivity index (χ3v) is 3.25. The summed E-state index contributed by atoms with van der Waals surface area (Å²) in [6.45, 7) is 4.61. The molecule has 118 valence electrons. The lowest BCUT2D eigenvalue weighted by atomic mass is 10.1. The summed E-state index contributed by atoms with van der Waals surface area (Å²) in [6.07, 6.45) is 0. The second-order valence-electron chi connectivity index (χ2n) is 5.46. The molecule has 1 aromatic carbocycles. The quantitative estimate of drug-likeness (QED) is 0.888. The average Bonchev–Trinajstić information content (AvgIpc) is 2.85. The van der Waals surface area contributed by atoms with Crippen molar-refractivity contribution < 1.29 is 13.7 Å². The largest absolute Gasteiger partial charge is 0.361 e. The summed E-state index contributed by atoms with van der Waals surface area (Å²) < 4.78 is 18.4. The summed E-state index contributed by atoms with van der Waals surface area (Å²) in [5.74, 6) is 0.364. The maximum Gasteiger partial charge on any atom is 0.234 e. The van der Waals surface area contributed by atoms with E-state index in [1.165, 1.54) is 6.07 Å². The molecule has 5 nitrogen and oxygen atoms in total. The van der Waals surface area contributed by atoms with E-state index in [0.29, 0.717) is 18.7 Å². The lowest BCUT2D eigenvalue weighted by Crippen LogP contribution is -2.34. The molecule has 0 spiro atoms. The van der Waals surface area contributed by atoms with E-state index >= 15 is 0 Å². The molecule has 6 heteroatoms. The normalized spacial score (nSPS) is 11.0. The molecule has 22 heavy (non-hydrogen) atoms. The number of nitrogens with one attached hydrogen (secondary N) is 1. The van der Waals surface area contributed by atoms with E-state index in [0.717, 1.165) is 17.0 Å². The summed E-state index contributed by atoms with van der Waals surface area (Å²) in [7, 11) is 1.83. The zero-order chi connectivity index (χ0) is 16.1. The Labute approximate surface area is 129 Å². The maximum atomic E-state index is 13.4. The van der Waals surface area contributed by atoms with Crippen LogP contribution in [0.25, 0.3) is 0 Å². The van der Waals surface area contributed by atoms with E-state index in [4.69, 9.17) is 4.52 Å². The van der Waals surface area contributed by atoms with Gasteiger partial charge in [0.25, 0.3) is 0 Å². The molecule has 1 amide bonds. The SMILES string of the molecule is Cc1cc(CN(C)CC(=O)NCc2ccc(C)c(F)c2)no1. The van der Waals surface area contributed by atoms with Crippen LogP contribution in [0.15, 0.2) is 28.8 Å². The molecular formula is C16H20FN3O2. The predicted molar refractivity (Wildman–Crippen MR) is 80.6 cm³/mol. The van der Waals surface area contributed by atoms with E-state index in [1.807, 2.05) is 24.9 Å². The van der Waals surface area contributed by atoms with Crippen molar-refractivity contribution in [1.82, 2.24) is 15.4 Å². The van der Waals surface area contributed by atoms with Crippen LogP contribution < -0.4 is 5.32 Å². The van der Waals surface area contributed by atoms with Crippen LogP contribution in [0.5, 0.6) is 0 Å². The minimum atomic E-state index is -0.259. The van der Waals surface area contributed by atoms with Gasteiger partial charge in [-0.1, -0.05) is 17.3 Å². The molecule has 0 fully saturated rings. The van der Waals surface area contributed by atoms with Crippen molar-refractivity contribution >= 4 is 5.91 Å². The highest BCUT2D eigenvalue weighted by Gasteiger charge is 2.09. The molecule has 0 aliphatic rings. The van der Waals surface area contributed by atoms with Gasteiger partial charge in [0.2, 0.25) is 5.91 Å². The molecule has 0 aliphatic carbocycles. The molecule has 0 bridgehead atoms. The molecular weight excluding hydrogens is 285 g/mol. The number of halogens is 1. The van der Waals surface area contributed by atoms with E-state index in [1.54, 1.807) is 19.1 Å². The first-order chi connectivity index (χ1) is 10.4. The molecule has 1 heterocycles. The molecule has 0 aliphatic heterocycles. The van der Waals surface area contributed by atoms with Gasteiger partial charge >= 0.3 is 0 Å². The fraction of sp³-hybridized carbons (Fsp3) is 0.375. The smallest absolute Gasteiger partial charge is 0.234 e. The molecule has 0 atom stereocenters. The number of aryl methyl sites for hydroxylation is 2. The number of rotatable bonds is 6. The lowest BCUT2D eigenvalue weighted by Gasteiger charge is -2.14. The summed E-state index contributed by atoms with van der Waals surface area (Å²) in [5, 5.41) is 6.66. The number of nitrogens with zero attached hydrogens (tertiary/aromatic N) is 2. The van der Waals surface area contributed by atoms with Gasteiger partial charge in [-0.05, 0) is 38.1 Å². The summed E-state index contributed by atoms with van der Waals surface area (Å²) in [5.41, 5.74) is 2.12. The third-order valence-electron chi connectivity index (χ3n) is 3.25. The van der Waals surface area contributed by atoms with Crippen molar-refractivity contribution in [2.75, 3.05) is 13.6 Å². The molecule has 2 aromatic rings. The fourth-order valence-electron chi connectivity index (χ4n) is 2.07. The Bertz CT molecular complexity index is 655. The Balaban J connectivity index is 1.78. The predicted octanol–water partition coefficient (Wildman–Crippen LogP) is 2.18. The molecule has 1 aromatic heterocycles. The second-order valence-corrected chi connectivity index (χ2v) is 5.46. The van der Waals surface area contributed by atoms with Crippen LogP contribution in [0, 0.1) is 19.7 Å². The lowest BCUT2D eigenvalue weighted by molar-refractivity contribution is -0.122. The van der Waals surface area contributed by atoms with Gasteiger partial charge in [-0.3, -0.25) is 9.69 Å². The zero-order valence-electron chi connectivity index (χ0n) is 13.0. The Kier molecular flexibility index (Phi) is 5.27. The van der Waals surface area contributed by atoms with Crippen LogP contribution in [0.1, 0.15) is 22.6 Å². The van der Waals surface area contributed by atoms with E-state index in [-0.39, 0.29) is 18.3 Å². The first-order valence-electron chi connectivity index (χ1n) is 7.06. The Hall–Kier alpha value is -2.21. The number of aromatic nitrogens is 1. The number of amides is 1. The second kappa shape index (κ2) is 7.17. The highest BCUT2D eigenvalue weighted by atomic mass is 19.1. The van der Waals surface area contributed by atoms with Crippen LogP contribution in [0.4, 0.5) is 4.39 Å². The van der Waals surface area contributed by atoms with Gasteiger partial charge in [0, 0.05) is 19.2 Å². The van der Waals surface area contributed by atoms with Gasteiger partial charge < -0.3 is 9.84 Å². The third kappa shape index (κ3) is 4.66. The van der Waals surface area contributed by atoms with Crippen molar-refractivity contribution in [3.8, 4) is 0 Å². The van der Waals surface area contributed by atoms with Crippen molar-refractivity contribution in [3.63, 3.8) is 0 Å². The van der Waals surface area contributed by atoms with Crippen molar-refractivity contribution in [1.29, 1.82) is 0 Å². The first kappa shape index (κ1) is 16.2. The first-order valence-corrected chi connectivity index (χ1v) is 7.06. The van der Waals surface area contributed by atoms with Crippen LogP contribution >= 0.6 is 0 Å². The zero-order valence-corrected chi connectivity index (χ0v) is 13.0. The molecule has 0 radical (unpaired) electrons. The van der Waals surface area contributed by atoms with Gasteiger partial charge in [0.15, 0.2) is 0 Å². The molecule has 0 saturated carbocycles. The Morgan fingerprint density at radius 1 is 1.36 bits per heavy atom. The summed E-state index contributed by atoms with van der Waals surface area (Å²) >= 11 is 0. The van der Waals surface area contributed by atoms with Gasteiger partial charge in [0.1, 0.15) is 11.6 Å². The van der Waals surface area contributed by atoms with Gasteiger partial charge in [0.05, 0.1) is 12.2 Å². The highest BCUT2D eigenvalue weighted by Crippen LogP contribution is 2.09. The molecule has 0 unspecified atom stereocenters. The molecule has 1 N–H and O–H groups in total. The standard InChI is InChI=1S/C16H20FN3O2/c1-11-4-5-13(7-15(11)17)8-18-16(21)10-20(3)9-14-6-12(2)22-19-14/h4-7H,8-10H2,1-3H3,(H,18,21). The number of carbonyl (C=O) groups is 1. The van der Waals surface area contributed by atoms with E-state index < -0.39 is 0 Å². The monoisotopic (exact) mass is 305 g/mol. The van der Waals surface area contributed by atoms with Gasteiger partial charge in [-0.25, -0.2) is 4.39 Å². The van der Waals surface area contributed by atoms with E-state index in [2.05, 4.69) is 10.5 Å². The van der Waals surface area contributed by atoms with Gasteiger partial charge in [-0.15, -0.1) is 0 Å². The average molecular weight is 305 g/mol. The Morgan fingerprint density at radius 2 is 2.14 bits per heavy atom. The van der Waals surface area contributed by atoms with E-state index in [9.17, 15) is 9.18 Å². The number of benzene rings is 1. The van der Waals surface area contributed by atoms with Crippen LogP contribution in [-0.4, -0.2) is 29.6 Å².